The minimum atomic E-state index is 0.206. The van der Waals surface area contributed by atoms with E-state index in [0.29, 0.717) is 0 Å². The molecule has 2 heterocycles. The smallest absolute Gasteiger partial charge is 0.124 e. The Morgan fingerprint density at radius 3 is 3.07 bits per heavy atom. The summed E-state index contributed by atoms with van der Waals surface area (Å²) in [6, 6.07) is 0. The fraction of sp³-hybridized carbons (Fsp3) is 0.667. The molecule has 2 rings (SSSR count). The molecule has 5 nitrogen and oxygen atoms in total. The summed E-state index contributed by atoms with van der Waals surface area (Å²) in [6.07, 6.45) is 0.939. The van der Waals surface area contributed by atoms with Gasteiger partial charge in [0.05, 0.1) is 12.3 Å². The number of rotatable bonds is 2. The van der Waals surface area contributed by atoms with Gasteiger partial charge in [0.25, 0.3) is 0 Å². The Labute approximate surface area is 83.1 Å². The van der Waals surface area contributed by atoms with Crippen LogP contribution < -0.4 is 5.73 Å². The van der Waals surface area contributed by atoms with Crippen LogP contribution in [-0.4, -0.2) is 39.5 Å². The van der Waals surface area contributed by atoms with Crippen LogP contribution in [0.5, 0.6) is 0 Å². The third kappa shape index (κ3) is 1.49. The number of hydrogen-bond donors (Lipinski definition) is 2. The fourth-order valence-electron chi connectivity index (χ4n) is 1.93. The van der Waals surface area contributed by atoms with Gasteiger partial charge in [0.1, 0.15) is 5.82 Å². The van der Waals surface area contributed by atoms with E-state index in [0.717, 1.165) is 37.6 Å². The zero-order valence-corrected chi connectivity index (χ0v) is 8.40. The Balaban J connectivity index is 2.19. The van der Waals surface area contributed by atoms with Gasteiger partial charge in [-0.2, -0.15) is 5.10 Å². The molecule has 0 unspecified atom stereocenters. The second-order valence-electron chi connectivity index (χ2n) is 3.68. The Hall–Kier alpha value is -1.07. The SMILES string of the molecule is Cn1nc2c(c1N)CCN(CCO)C2. The molecule has 1 aromatic heterocycles. The maximum atomic E-state index is 8.83. The van der Waals surface area contributed by atoms with E-state index in [-0.39, 0.29) is 6.61 Å². The molecule has 0 radical (unpaired) electrons. The van der Waals surface area contributed by atoms with E-state index in [1.165, 1.54) is 5.56 Å². The van der Waals surface area contributed by atoms with E-state index in [4.69, 9.17) is 10.8 Å². The van der Waals surface area contributed by atoms with Crippen molar-refractivity contribution >= 4 is 5.82 Å². The van der Waals surface area contributed by atoms with Crippen LogP contribution in [0.15, 0.2) is 0 Å². The summed E-state index contributed by atoms with van der Waals surface area (Å²) in [5, 5.41) is 13.2. The summed E-state index contributed by atoms with van der Waals surface area (Å²) in [5.74, 6) is 0.781. The molecule has 1 aliphatic rings. The average Bonchev–Trinajstić information content (AvgIpc) is 2.43. The van der Waals surface area contributed by atoms with Gasteiger partial charge in [0.15, 0.2) is 0 Å². The minimum absolute atomic E-state index is 0.206. The van der Waals surface area contributed by atoms with E-state index in [1.807, 2.05) is 7.05 Å². The van der Waals surface area contributed by atoms with Crippen molar-refractivity contribution < 1.29 is 5.11 Å². The summed E-state index contributed by atoms with van der Waals surface area (Å²) in [7, 11) is 1.87. The number of fused-ring (bicyclic) bond motifs is 1. The lowest BCUT2D eigenvalue weighted by Crippen LogP contribution is -2.32. The highest BCUT2D eigenvalue weighted by molar-refractivity contribution is 5.44. The van der Waals surface area contributed by atoms with Gasteiger partial charge in [-0.25, -0.2) is 0 Å². The zero-order valence-electron chi connectivity index (χ0n) is 8.40. The first-order valence-electron chi connectivity index (χ1n) is 4.86. The molecule has 1 aliphatic heterocycles. The third-order valence-electron chi connectivity index (χ3n) is 2.74. The molecule has 0 atom stereocenters. The molecule has 1 aromatic rings. The van der Waals surface area contributed by atoms with Crippen molar-refractivity contribution in [2.45, 2.75) is 13.0 Å². The Morgan fingerprint density at radius 2 is 2.36 bits per heavy atom. The van der Waals surface area contributed by atoms with Crippen molar-refractivity contribution in [3.05, 3.63) is 11.3 Å². The van der Waals surface area contributed by atoms with Crippen LogP contribution in [0.4, 0.5) is 5.82 Å². The van der Waals surface area contributed by atoms with Crippen molar-refractivity contribution in [1.29, 1.82) is 0 Å². The lowest BCUT2D eigenvalue weighted by atomic mass is 10.1. The first-order chi connectivity index (χ1) is 6.72. The number of hydrogen-bond acceptors (Lipinski definition) is 4. The lowest BCUT2D eigenvalue weighted by molar-refractivity contribution is 0.183. The standard InChI is InChI=1S/C9H16N4O/c1-12-9(10)7-2-3-13(4-5-14)6-8(7)11-12/h14H,2-6,10H2,1H3. The molecule has 14 heavy (non-hydrogen) atoms. The van der Waals surface area contributed by atoms with Crippen LogP contribution >= 0.6 is 0 Å². The predicted molar refractivity (Wildman–Crippen MR) is 53.7 cm³/mol. The molecule has 0 spiro atoms. The first-order valence-corrected chi connectivity index (χ1v) is 4.86. The number of aromatic nitrogens is 2. The number of aliphatic hydroxyl groups excluding tert-OH is 1. The van der Waals surface area contributed by atoms with Gasteiger partial charge < -0.3 is 10.8 Å². The number of nitrogens with two attached hydrogens (primary N) is 1. The molecule has 0 saturated carbocycles. The molecule has 78 valence electrons. The minimum Gasteiger partial charge on any atom is -0.395 e. The van der Waals surface area contributed by atoms with Gasteiger partial charge in [0.2, 0.25) is 0 Å². The van der Waals surface area contributed by atoms with Crippen LogP contribution in [0.1, 0.15) is 11.3 Å². The Morgan fingerprint density at radius 1 is 1.57 bits per heavy atom. The van der Waals surface area contributed by atoms with E-state index >= 15 is 0 Å². The summed E-state index contributed by atoms with van der Waals surface area (Å²) >= 11 is 0. The van der Waals surface area contributed by atoms with Gasteiger partial charge in [-0.15, -0.1) is 0 Å². The average molecular weight is 196 g/mol. The van der Waals surface area contributed by atoms with Crippen molar-refractivity contribution in [2.75, 3.05) is 25.4 Å². The number of β-amino-alcohol motifs (C(OH)–C–C–N with tert-alkyl or cyclic N) is 1. The summed E-state index contributed by atoms with van der Waals surface area (Å²) < 4.78 is 1.73. The van der Waals surface area contributed by atoms with Gasteiger partial charge in [-0.1, -0.05) is 0 Å². The largest absolute Gasteiger partial charge is 0.395 e. The molecule has 5 heteroatoms. The van der Waals surface area contributed by atoms with Crippen molar-refractivity contribution in [1.82, 2.24) is 14.7 Å². The van der Waals surface area contributed by atoms with Crippen LogP contribution in [-0.2, 0) is 20.0 Å². The Bertz CT molecular complexity index is 334. The monoisotopic (exact) mass is 196 g/mol. The van der Waals surface area contributed by atoms with Crippen molar-refractivity contribution in [3.8, 4) is 0 Å². The fourth-order valence-corrected chi connectivity index (χ4v) is 1.93. The quantitative estimate of drug-likeness (QED) is 0.660. The predicted octanol–water partition coefficient (Wildman–Crippen LogP) is -0.647. The van der Waals surface area contributed by atoms with Crippen LogP contribution in [0, 0.1) is 0 Å². The van der Waals surface area contributed by atoms with Crippen molar-refractivity contribution in [2.24, 2.45) is 7.05 Å². The molecule has 0 saturated heterocycles. The van der Waals surface area contributed by atoms with E-state index in [9.17, 15) is 0 Å². The number of aryl methyl sites for hydroxylation is 1. The second-order valence-corrected chi connectivity index (χ2v) is 3.68. The normalized spacial score (nSPS) is 17.0. The molecule has 0 fully saturated rings. The highest BCUT2D eigenvalue weighted by Crippen LogP contribution is 2.22. The van der Waals surface area contributed by atoms with Crippen LogP contribution in [0.25, 0.3) is 0 Å². The lowest BCUT2D eigenvalue weighted by Gasteiger charge is -2.24. The molecule has 0 aromatic carbocycles. The second kappa shape index (κ2) is 3.59. The molecular weight excluding hydrogens is 180 g/mol. The van der Waals surface area contributed by atoms with Crippen LogP contribution in [0.3, 0.4) is 0 Å². The van der Waals surface area contributed by atoms with Crippen LogP contribution in [0.2, 0.25) is 0 Å². The number of anilines is 1. The van der Waals surface area contributed by atoms with E-state index in [2.05, 4.69) is 10.00 Å². The molecule has 0 aliphatic carbocycles. The maximum absolute atomic E-state index is 8.83. The Kier molecular flexibility index (Phi) is 2.43. The van der Waals surface area contributed by atoms with Gasteiger partial charge in [-0.3, -0.25) is 9.58 Å². The summed E-state index contributed by atoms with van der Waals surface area (Å²) in [5.41, 5.74) is 8.12. The molecular formula is C9H16N4O. The summed E-state index contributed by atoms with van der Waals surface area (Å²) in [6.45, 7) is 2.69. The topological polar surface area (TPSA) is 67.3 Å². The highest BCUT2D eigenvalue weighted by Gasteiger charge is 2.21. The van der Waals surface area contributed by atoms with Crippen molar-refractivity contribution in [3.63, 3.8) is 0 Å². The molecule has 0 bridgehead atoms. The zero-order chi connectivity index (χ0) is 10.1. The number of nitrogen functional groups attached to an aromatic ring is 1. The summed E-state index contributed by atoms with van der Waals surface area (Å²) in [4.78, 5) is 2.19. The first kappa shape index (κ1) is 9.48. The van der Waals surface area contributed by atoms with E-state index in [1.54, 1.807) is 4.68 Å². The van der Waals surface area contributed by atoms with Gasteiger partial charge in [-0.05, 0) is 6.42 Å². The maximum Gasteiger partial charge on any atom is 0.124 e. The van der Waals surface area contributed by atoms with Gasteiger partial charge in [0, 0.05) is 32.2 Å². The molecule has 3 N–H and O–H groups in total. The van der Waals surface area contributed by atoms with E-state index < -0.39 is 0 Å². The number of nitrogens with zero attached hydrogens (tertiary/aromatic N) is 3. The third-order valence-corrected chi connectivity index (χ3v) is 2.74. The molecule has 0 amide bonds. The van der Waals surface area contributed by atoms with Gasteiger partial charge >= 0.3 is 0 Å². The number of aliphatic hydroxyl groups is 1. The highest BCUT2D eigenvalue weighted by atomic mass is 16.3.